The summed E-state index contributed by atoms with van der Waals surface area (Å²) in [6.07, 6.45) is 4.93. The van der Waals surface area contributed by atoms with Crippen molar-refractivity contribution in [3.63, 3.8) is 0 Å². The summed E-state index contributed by atoms with van der Waals surface area (Å²) in [5, 5.41) is 12.4. The second kappa shape index (κ2) is 5.63. The van der Waals surface area contributed by atoms with Crippen molar-refractivity contribution >= 4 is 17.4 Å². The zero-order valence-electron chi connectivity index (χ0n) is 11.4. The number of aromatic nitrogens is 2. The molecule has 1 aliphatic heterocycles. The number of anilines is 1. The molecular formula is C14H21ClN4. The van der Waals surface area contributed by atoms with Crippen molar-refractivity contribution in [1.82, 2.24) is 15.1 Å². The average molecular weight is 281 g/mol. The fourth-order valence-corrected chi connectivity index (χ4v) is 3.06. The van der Waals surface area contributed by atoms with E-state index in [4.69, 9.17) is 11.6 Å². The van der Waals surface area contributed by atoms with Crippen LogP contribution < -0.4 is 5.32 Å². The first kappa shape index (κ1) is 13.1. The normalized spacial score (nSPS) is 24.4. The number of hydrogen-bond acceptors (Lipinski definition) is 4. The Bertz CT molecular complexity index is 447. The summed E-state index contributed by atoms with van der Waals surface area (Å²) in [5.74, 6) is 1.50. The van der Waals surface area contributed by atoms with E-state index >= 15 is 0 Å². The van der Waals surface area contributed by atoms with Crippen LogP contribution in [0.2, 0.25) is 5.15 Å². The molecule has 1 aromatic rings. The Morgan fingerprint density at radius 2 is 2.21 bits per heavy atom. The van der Waals surface area contributed by atoms with Crippen molar-refractivity contribution in [3.05, 3.63) is 16.8 Å². The monoisotopic (exact) mass is 280 g/mol. The van der Waals surface area contributed by atoms with Crippen LogP contribution in [0.15, 0.2) is 6.07 Å². The minimum Gasteiger partial charge on any atom is -0.365 e. The molecule has 2 aliphatic rings. The van der Waals surface area contributed by atoms with E-state index in [2.05, 4.69) is 33.4 Å². The first-order chi connectivity index (χ1) is 9.26. The summed E-state index contributed by atoms with van der Waals surface area (Å²) < 4.78 is 0. The zero-order chi connectivity index (χ0) is 13.2. The van der Waals surface area contributed by atoms with Crippen LogP contribution in [0.3, 0.4) is 0 Å². The molecule has 3 rings (SSSR count). The van der Waals surface area contributed by atoms with Crippen LogP contribution in [-0.2, 0) is 0 Å². The van der Waals surface area contributed by atoms with E-state index in [1.165, 1.54) is 37.8 Å². The largest absolute Gasteiger partial charge is 0.365 e. The molecule has 1 aliphatic carbocycles. The molecule has 2 fully saturated rings. The van der Waals surface area contributed by atoms with Crippen LogP contribution >= 0.6 is 11.6 Å². The number of rotatable bonds is 4. The van der Waals surface area contributed by atoms with Gasteiger partial charge in [-0.05, 0) is 56.3 Å². The Balaban J connectivity index is 1.67. The first-order valence-corrected chi connectivity index (χ1v) is 7.66. The van der Waals surface area contributed by atoms with Gasteiger partial charge in [-0.3, -0.25) is 0 Å². The Kier molecular flexibility index (Phi) is 3.89. The molecule has 0 aromatic carbocycles. The molecular weight excluding hydrogens is 260 g/mol. The van der Waals surface area contributed by atoms with Gasteiger partial charge < -0.3 is 10.2 Å². The number of hydrogen-bond donors (Lipinski definition) is 1. The quantitative estimate of drug-likeness (QED) is 0.921. The summed E-state index contributed by atoms with van der Waals surface area (Å²) in [5.41, 5.74) is 1.17. The third-order valence-corrected chi connectivity index (χ3v) is 4.39. The van der Waals surface area contributed by atoms with Gasteiger partial charge in [-0.25, -0.2) is 0 Å². The molecule has 0 bridgehead atoms. The number of piperidine rings is 1. The SMILES string of the molecule is CCN1CCC[C@@H](Nc2cc(C3CC3)c(Cl)nn2)C1. The van der Waals surface area contributed by atoms with Gasteiger partial charge in [0, 0.05) is 12.6 Å². The summed E-state index contributed by atoms with van der Waals surface area (Å²) in [7, 11) is 0. The van der Waals surface area contributed by atoms with Gasteiger partial charge in [-0.1, -0.05) is 18.5 Å². The maximum absolute atomic E-state index is 6.11. The van der Waals surface area contributed by atoms with Gasteiger partial charge in [-0.15, -0.1) is 10.2 Å². The molecule has 0 spiro atoms. The van der Waals surface area contributed by atoms with Crippen LogP contribution in [0.4, 0.5) is 5.82 Å². The molecule has 19 heavy (non-hydrogen) atoms. The standard InChI is InChI=1S/C14H21ClN4/c1-2-19-7-3-4-11(9-19)16-13-8-12(10-5-6-10)14(15)18-17-13/h8,10-11H,2-7,9H2,1H3,(H,16,17)/t11-/m1/s1. The lowest BCUT2D eigenvalue weighted by atomic mass is 10.1. The van der Waals surface area contributed by atoms with Gasteiger partial charge in [0.05, 0.1) is 0 Å². The molecule has 0 amide bonds. The fourth-order valence-electron chi connectivity index (χ4n) is 2.81. The van der Waals surface area contributed by atoms with Gasteiger partial charge in [0.25, 0.3) is 0 Å². The highest BCUT2D eigenvalue weighted by Gasteiger charge is 2.27. The summed E-state index contributed by atoms with van der Waals surface area (Å²) in [6.45, 7) is 5.65. The predicted molar refractivity (Wildman–Crippen MR) is 77.8 cm³/mol. The van der Waals surface area contributed by atoms with Crippen LogP contribution in [0, 0.1) is 0 Å². The van der Waals surface area contributed by atoms with Gasteiger partial charge >= 0.3 is 0 Å². The van der Waals surface area contributed by atoms with E-state index in [9.17, 15) is 0 Å². The number of halogens is 1. The third-order valence-electron chi connectivity index (χ3n) is 4.10. The molecule has 1 aromatic heterocycles. The van der Waals surface area contributed by atoms with E-state index in [1.807, 2.05) is 0 Å². The van der Waals surface area contributed by atoms with Crippen molar-refractivity contribution in [2.75, 3.05) is 25.0 Å². The summed E-state index contributed by atoms with van der Waals surface area (Å²) in [4.78, 5) is 2.48. The van der Waals surface area contributed by atoms with E-state index in [-0.39, 0.29) is 0 Å². The highest BCUT2D eigenvalue weighted by atomic mass is 35.5. The number of nitrogens with one attached hydrogen (secondary N) is 1. The maximum atomic E-state index is 6.11. The number of likely N-dealkylation sites (N-methyl/N-ethyl adjacent to an activating group) is 1. The second-order valence-corrected chi connectivity index (χ2v) is 5.98. The van der Waals surface area contributed by atoms with E-state index in [1.54, 1.807) is 0 Å². The minimum absolute atomic E-state index is 0.483. The van der Waals surface area contributed by atoms with Gasteiger partial charge in [0.2, 0.25) is 0 Å². The predicted octanol–water partition coefficient (Wildman–Crippen LogP) is 2.90. The van der Waals surface area contributed by atoms with Gasteiger partial charge in [-0.2, -0.15) is 0 Å². The molecule has 4 nitrogen and oxygen atoms in total. The first-order valence-electron chi connectivity index (χ1n) is 7.28. The molecule has 1 atom stereocenters. The van der Waals surface area contributed by atoms with Crippen molar-refractivity contribution in [1.29, 1.82) is 0 Å². The molecule has 2 heterocycles. The lowest BCUT2D eigenvalue weighted by Crippen LogP contribution is -2.42. The van der Waals surface area contributed by atoms with E-state index in [0.717, 1.165) is 18.9 Å². The number of likely N-dealkylation sites (tertiary alicyclic amines) is 1. The average Bonchev–Trinajstić information content (AvgIpc) is 3.26. The Morgan fingerprint density at radius 3 is 2.95 bits per heavy atom. The van der Waals surface area contributed by atoms with Gasteiger partial charge in [0.1, 0.15) is 5.82 Å². The van der Waals surface area contributed by atoms with Crippen molar-refractivity contribution in [2.45, 2.75) is 44.6 Å². The minimum atomic E-state index is 0.483. The van der Waals surface area contributed by atoms with Crippen LogP contribution in [-0.4, -0.2) is 40.8 Å². The van der Waals surface area contributed by atoms with Crippen LogP contribution in [0.1, 0.15) is 44.1 Å². The molecule has 0 unspecified atom stereocenters. The smallest absolute Gasteiger partial charge is 0.155 e. The Hall–Kier alpha value is -0.870. The van der Waals surface area contributed by atoms with E-state index in [0.29, 0.717) is 17.1 Å². The third kappa shape index (κ3) is 3.18. The molecule has 1 saturated carbocycles. The summed E-state index contributed by atoms with van der Waals surface area (Å²) in [6, 6.07) is 2.58. The lowest BCUT2D eigenvalue weighted by Gasteiger charge is -2.32. The van der Waals surface area contributed by atoms with Crippen molar-refractivity contribution < 1.29 is 0 Å². The molecule has 1 saturated heterocycles. The Morgan fingerprint density at radius 1 is 1.37 bits per heavy atom. The highest BCUT2D eigenvalue weighted by Crippen LogP contribution is 2.43. The highest BCUT2D eigenvalue weighted by molar-refractivity contribution is 6.30. The van der Waals surface area contributed by atoms with Crippen LogP contribution in [0.25, 0.3) is 0 Å². The molecule has 5 heteroatoms. The zero-order valence-corrected chi connectivity index (χ0v) is 12.2. The topological polar surface area (TPSA) is 41.0 Å². The number of nitrogens with zero attached hydrogens (tertiary/aromatic N) is 3. The molecule has 1 N–H and O–H groups in total. The van der Waals surface area contributed by atoms with Crippen molar-refractivity contribution in [3.8, 4) is 0 Å². The van der Waals surface area contributed by atoms with Crippen molar-refractivity contribution in [2.24, 2.45) is 0 Å². The fraction of sp³-hybridized carbons (Fsp3) is 0.714. The van der Waals surface area contributed by atoms with Gasteiger partial charge in [0.15, 0.2) is 5.15 Å². The second-order valence-electron chi connectivity index (χ2n) is 5.63. The Labute approximate surface area is 119 Å². The molecule has 0 radical (unpaired) electrons. The maximum Gasteiger partial charge on any atom is 0.155 e. The van der Waals surface area contributed by atoms with E-state index < -0.39 is 0 Å². The van der Waals surface area contributed by atoms with Crippen LogP contribution in [0.5, 0.6) is 0 Å². The lowest BCUT2D eigenvalue weighted by molar-refractivity contribution is 0.226. The molecule has 104 valence electrons. The summed E-state index contributed by atoms with van der Waals surface area (Å²) >= 11 is 6.11.